The SMILES string of the molecule is CC1CN(C2N=CC=C(Nc3ccncc3)N2C2(C)C=CC=CC2c2cc[nH]n2)CCO1. The molecule has 3 aliphatic rings. The fraction of sp³-hybridized carbons (Fsp3) is 0.375. The van der Waals surface area contributed by atoms with Gasteiger partial charge >= 0.3 is 0 Å². The normalized spacial score (nSPS) is 30.4. The Morgan fingerprint density at radius 2 is 2.09 bits per heavy atom. The maximum absolute atomic E-state index is 5.82. The number of rotatable bonds is 5. The third kappa shape index (κ3) is 3.87. The van der Waals surface area contributed by atoms with Crippen molar-refractivity contribution in [2.45, 2.75) is 37.7 Å². The summed E-state index contributed by atoms with van der Waals surface area (Å²) in [6.07, 6.45) is 18.1. The highest BCUT2D eigenvalue weighted by Crippen LogP contribution is 2.42. The number of aliphatic imine (C=N–C) groups is 1. The Kier molecular flexibility index (Phi) is 5.63. The predicted molar refractivity (Wildman–Crippen MR) is 125 cm³/mol. The Hall–Kier alpha value is -3.23. The van der Waals surface area contributed by atoms with E-state index in [0.29, 0.717) is 6.61 Å². The minimum Gasteiger partial charge on any atom is -0.376 e. The van der Waals surface area contributed by atoms with Gasteiger partial charge < -0.3 is 15.0 Å². The van der Waals surface area contributed by atoms with E-state index < -0.39 is 5.54 Å². The molecule has 2 aliphatic heterocycles. The topological polar surface area (TPSA) is 81.7 Å². The lowest BCUT2D eigenvalue weighted by Crippen LogP contribution is -2.62. The van der Waals surface area contributed by atoms with Crippen molar-refractivity contribution >= 4 is 11.9 Å². The number of pyridine rings is 1. The first kappa shape index (κ1) is 20.7. The van der Waals surface area contributed by atoms with E-state index in [1.54, 1.807) is 12.4 Å². The number of ether oxygens (including phenoxy) is 1. The van der Waals surface area contributed by atoms with Gasteiger partial charge in [0, 0.05) is 49.5 Å². The molecule has 0 amide bonds. The molecule has 1 fully saturated rings. The zero-order valence-electron chi connectivity index (χ0n) is 18.4. The van der Waals surface area contributed by atoms with Crippen molar-refractivity contribution in [3.8, 4) is 0 Å². The smallest absolute Gasteiger partial charge is 0.180 e. The number of nitrogens with one attached hydrogen (secondary N) is 2. The van der Waals surface area contributed by atoms with E-state index in [1.165, 1.54) is 0 Å². The monoisotopic (exact) mass is 431 g/mol. The molecular formula is C24H29N7O. The van der Waals surface area contributed by atoms with Crippen LogP contribution >= 0.6 is 0 Å². The molecule has 166 valence electrons. The van der Waals surface area contributed by atoms with Gasteiger partial charge in [0.2, 0.25) is 0 Å². The average Bonchev–Trinajstić information content (AvgIpc) is 3.34. The number of aromatic nitrogens is 3. The minimum absolute atomic E-state index is 0.0515. The molecule has 2 N–H and O–H groups in total. The first-order valence-corrected chi connectivity index (χ1v) is 11.1. The summed E-state index contributed by atoms with van der Waals surface area (Å²) in [5.41, 5.74) is 1.58. The van der Waals surface area contributed by atoms with Gasteiger partial charge in [0.25, 0.3) is 0 Å². The molecule has 8 heteroatoms. The van der Waals surface area contributed by atoms with Crippen LogP contribution in [0.5, 0.6) is 0 Å². The van der Waals surface area contributed by atoms with Crippen molar-refractivity contribution in [1.82, 2.24) is 25.0 Å². The molecule has 2 aromatic heterocycles. The summed E-state index contributed by atoms with van der Waals surface area (Å²) in [5, 5.41) is 11.1. The standard InChI is InChI=1S/C24H29N7O/c1-18-17-30(15-16-32-18)23-26-13-9-22(28-19-6-11-25-12-7-19)31(23)24(2)10-4-3-5-20(24)21-8-14-27-29-21/h3-14,18,20,23H,15-17H2,1-2H3,(H,25,28)(H,27,29). The zero-order chi connectivity index (χ0) is 22.0. The summed E-state index contributed by atoms with van der Waals surface area (Å²) < 4.78 is 5.82. The van der Waals surface area contributed by atoms with Crippen LogP contribution in [0.4, 0.5) is 5.69 Å². The molecule has 0 bridgehead atoms. The van der Waals surface area contributed by atoms with Crippen LogP contribution in [-0.2, 0) is 4.74 Å². The number of nitrogens with zero attached hydrogens (tertiary/aromatic N) is 5. The van der Waals surface area contributed by atoms with Crippen LogP contribution in [0, 0.1) is 0 Å². The van der Waals surface area contributed by atoms with Gasteiger partial charge in [-0.25, -0.2) is 0 Å². The summed E-state index contributed by atoms with van der Waals surface area (Å²) >= 11 is 0. The van der Waals surface area contributed by atoms with E-state index in [1.807, 2.05) is 36.7 Å². The number of hydrogen-bond donors (Lipinski definition) is 2. The van der Waals surface area contributed by atoms with Crippen LogP contribution in [0.3, 0.4) is 0 Å². The lowest BCUT2D eigenvalue weighted by molar-refractivity contribution is -0.0746. The Bertz CT molecular complexity index is 1030. The van der Waals surface area contributed by atoms with Crippen LogP contribution < -0.4 is 5.32 Å². The lowest BCUT2D eigenvalue weighted by Gasteiger charge is -2.53. The maximum Gasteiger partial charge on any atom is 0.180 e. The Morgan fingerprint density at radius 3 is 2.88 bits per heavy atom. The van der Waals surface area contributed by atoms with E-state index in [9.17, 15) is 0 Å². The van der Waals surface area contributed by atoms with Gasteiger partial charge in [0.1, 0.15) is 5.82 Å². The molecule has 1 saturated heterocycles. The van der Waals surface area contributed by atoms with E-state index in [4.69, 9.17) is 9.73 Å². The first-order valence-electron chi connectivity index (χ1n) is 11.1. The van der Waals surface area contributed by atoms with Crippen molar-refractivity contribution in [2.24, 2.45) is 4.99 Å². The van der Waals surface area contributed by atoms with Crippen LogP contribution in [0.2, 0.25) is 0 Å². The third-order valence-corrected chi connectivity index (χ3v) is 6.33. The largest absolute Gasteiger partial charge is 0.376 e. The van der Waals surface area contributed by atoms with Crippen molar-refractivity contribution in [1.29, 1.82) is 0 Å². The number of allylic oxidation sites excluding steroid dienone is 3. The van der Waals surface area contributed by atoms with E-state index in [-0.39, 0.29) is 18.3 Å². The van der Waals surface area contributed by atoms with Gasteiger partial charge in [0.05, 0.1) is 23.9 Å². The Morgan fingerprint density at radius 1 is 1.22 bits per heavy atom. The van der Waals surface area contributed by atoms with Gasteiger partial charge in [-0.2, -0.15) is 5.10 Å². The Labute approximate surface area is 188 Å². The maximum atomic E-state index is 5.82. The molecule has 5 rings (SSSR count). The van der Waals surface area contributed by atoms with E-state index in [2.05, 4.69) is 68.4 Å². The number of hydrogen-bond acceptors (Lipinski definition) is 7. The third-order valence-electron chi connectivity index (χ3n) is 6.33. The van der Waals surface area contributed by atoms with Crippen LogP contribution in [-0.4, -0.2) is 68.8 Å². The van der Waals surface area contributed by atoms with Crippen molar-refractivity contribution in [3.05, 3.63) is 78.7 Å². The number of aromatic amines is 1. The lowest BCUT2D eigenvalue weighted by atomic mass is 9.78. The second-order valence-corrected chi connectivity index (χ2v) is 8.55. The first-order chi connectivity index (χ1) is 15.6. The van der Waals surface area contributed by atoms with Gasteiger partial charge in [0.15, 0.2) is 6.29 Å². The van der Waals surface area contributed by atoms with Crippen LogP contribution in [0.15, 0.2) is 78.0 Å². The summed E-state index contributed by atoms with van der Waals surface area (Å²) in [6, 6.07) is 5.99. The zero-order valence-corrected chi connectivity index (χ0v) is 18.4. The van der Waals surface area contributed by atoms with Crippen molar-refractivity contribution < 1.29 is 4.74 Å². The van der Waals surface area contributed by atoms with Gasteiger partial charge in [-0.3, -0.25) is 20.0 Å². The number of H-pyrrole nitrogens is 1. The fourth-order valence-electron chi connectivity index (χ4n) is 4.77. The molecule has 32 heavy (non-hydrogen) atoms. The summed E-state index contributed by atoms with van der Waals surface area (Å²) in [4.78, 5) is 13.9. The molecular weight excluding hydrogens is 402 g/mol. The fourth-order valence-corrected chi connectivity index (χ4v) is 4.77. The molecule has 0 radical (unpaired) electrons. The van der Waals surface area contributed by atoms with Crippen LogP contribution in [0.25, 0.3) is 0 Å². The second kappa shape index (κ2) is 8.72. The molecule has 8 nitrogen and oxygen atoms in total. The Balaban J connectivity index is 1.56. The molecule has 0 spiro atoms. The van der Waals surface area contributed by atoms with Crippen molar-refractivity contribution in [3.63, 3.8) is 0 Å². The molecule has 1 aliphatic carbocycles. The number of morpholine rings is 1. The van der Waals surface area contributed by atoms with E-state index in [0.717, 1.165) is 30.3 Å². The quantitative estimate of drug-likeness (QED) is 0.757. The predicted octanol–water partition coefficient (Wildman–Crippen LogP) is 3.12. The average molecular weight is 432 g/mol. The summed E-state index contributed by atoms with van der Waals surface area (Å²) in [6.45, 7) is 6.73. The summed E-state index contributed by atoms with van der Waals surface area (Å²) in [7, 11) is 0. The van der Waals surface area contributed by atoms with Gasteiger partial charge in [-0.1, -0.05) is 24.3 Å². The molecule has 0 saturated carbocycles. The molecule has 4 atom stereocenters. The molecule has 4 heterocycles. The van der Waals surface area contributed by atoms with Gasteiger partial charge in [-0.05, 0) is 38.1 Å². The van der Waals surface area contributed by atoms with Crippen molar-refractivity contribution in [2.75, 3.05) is 25.0 Å². The van der Waals surface area contributed by atoms with Crippen LogP contribution in [0.1, 0.15) is 25.5 Å². The molecule has 2 aromatic rings. The summed E-state index contributed by atoms with van der Waals surface area (Å²) in [5.74, 6) is 1.04. The van der Waals surface area contributed by atoms with E-state index >= 15 is 0 Å². The highest BCUT2D eigenvalue weighted by molar-refractivity contribution is 5.75. The molecule has 0 aromatic carbocycles. The minimum atomic E-state index is -0.403. The van der Waals surface area contributed by atoms with Gasteiger partial charge in [-0.15, -0.1) is 0 Å². The number of anilines is 1. The highest BCUT2D eigenvalue weighted by Gasteiger charge is 2.46. The highest BCUT2D eigenvalue weighted by atomic mass is 16.5. The second-order valence-electron chi connectivity index (χ2n) is 8.55. The molecule has 4 unspecified atom stereocenters.